The minimum Gasteiger partial charge on any atom is -0.478 e. The van der Waals surface area contributed by atoms with E-state index in [1.165, 1.54) is 30.5 Å². The number of benzene rings is 2. The summed E-state index contributed by atoms with van der Waals surface area (Å²) >= 11 is 0. The number of hydrogen-bond acceptors (Lipinski definition) is 6. The van der Waals surface area contributed by atoms with Gasteiger partial charge in [0.15, 0.2) is 0 Å². The van der Waals surface area contributed by atoms with Crippen LogP contribution in [0.1, 0.15) is 82.3 Å². The van der Waals surface area contributed by atoms with E-state index in [1.807, 2.05) is 35.8 Å². The molecule has 1 aliphatic carbocycles. The lowest BCUT2D eigenvalue weighted by Gasteiger charge is -2.35. The molecule has 4 heterocycles. The number of aromatic carboxylic acids is 1. The number of carboxylic acids is 1. The molecule has 230 valence electrons. The van der Waals surface area contributed by atoms with E-state index >= 15 is 0 Å². The quantitative estimate of drug-likeness (QED) is 0.232. The Morgan fingerprint density at radius 3 is 2.52 bits per heavy atom. The first kappa shape index (κ1) is 28.8. The number of carbonyl (C=O) groups is 1. The van der Waals surface area contributed by atoms with Gasteiger partial charge in [0.05, 0.1) is 47.5 Å². The molecular weight excluding hydrogens is 573 g/mol. The summed E-state index contributed by atoms with van der Waals surface area (Å²) in [6.45, 7) is 4.09. The fraction of sp³-hybridized carbons (Fsp3) is 0.424. The molecule has 2 aromatic carbocycles. The zero-order chi connectivity index (χ0) is 30.6. The van der Waals surface area contributed by atoms with Crippen molar-refractivity contribution >= 4 is 17.0 Å². The number of hydrogen-bond donors (Lipinski definition) is 1. The van der Waals surface area contributed by atoms with Crippen molar-refractivity contribution in [2.75, 3.05) is 13.2 Å². The van der Waals surface area contributed by atoms with E-state index in [-0.39, 0.29) is 24.3 Å². The first-order valence-electron chi connectivity index (χ1n) is 15.0. The summed E-state index contributed by atoms with van der Waals surface area (Å²) in [6.07, 6.45) is -0.920. The molecule has 3 aliphatic rings. The maximum Gasteiger partial charge on any atom is 0.421 e. The van der Waals surface area contributed by atoms with Gasteiger partial charge in [-0.1, -0.05) is 24.3 Å². The molecule has 4 aromatic rings. The molecule has 11 heteroatoms. The molecule has 1 saturated carbocycles. The van der Waals surface area contributed by atoms with Crippen LogP contribution in [0.2, 0.25) is 0 Å². The predicted molar refractivity (Wildman–Crippen MR) is 156 cm³/mol. The highest BCUT2D eigenvalue weighted by atomic mass is 19.4. The largest absolute Gasteiger partial charge is 0.478 e. The molecule has 1 saturated heterocycles. The molecule has 44 heavy (non-hydrogen) atoms. The first-order chi connectivity index (χ1) is 21.1. The zero-order valence-electron chi connectivity index (χ0n) is 24.3. The van der Waals surface area contributed by atoms with Gasteiger partial charge >= 0.3 is 12.1 Å². The van der Waals surface area contributed by atoms with Crippen molar-refractivity contribution in [1.29, 1.82) is 0 Å². The highest BCUT2D eigenvalue weighted by Crippen LogP contribution is 2.41. The van der Waals surface area contributed by atoms with Crippen LogP contribution in [-0.4, -0.2) is 49.8 Å². The van der Waals surface area contributed by atoms with E-state index in [2.05, 4.69) is 9.88 Å². The molecule has 0 bridgehead atoms. The second-order valence-electron chi connectivity index (χ2n) is 12.0. The van der Waals surface area contributed by atoms with Gasteiger partial charge in [0.1, 0.15) is 18.0 Å². The molecule has 1 N–H and O–H groups in total. The fourth-order valence-corrected chi connectivity index (χ4v) is 6.17. The fourth-order valence-electron chi connectivity index (χ4n) is 6.17. The first-order valence-corrected chi connectivity index (χ1v) is 15.0. The molecular formula is C33H33F3N4O4. The van der Waals surface area contributed by atoms with Crippen LogP contribution in [0.15, 0.2) is 48.5 Å². The minimum absolute atomic E-state index is 0.0104. The van der Waals surface area contributed by atoms with Crippen molar-refractivity contribution in [3.63, 3.8) is 0 Å². The average Bonchev–Trinajstić information content (AvgIpc) is 3.77. The van der Waals surface area contributed by atoms with Crippen molar-refractivity contribution in [1.82, 2.24) is 19.4 Å². The summed E-state index contributed by atoms with van der Waals surface area (Å²) in [7, 11) is 0. The van der Waals surface area contributed by atoms with Crippen LogP contribution in [0.25, 0.3) is 11.0 Å². The lowest BCUT2D eigenvalue weighted by atomic mass is 9.97. The van der Waals surface area contributed by atoms with Crippen LogP contribution in [0.3, 0.4) is 0 Å². The van der Waals surface area contributed by atoms with E-state index in [1.54, 1.807) is 12.1 Å². The summed E-state index contributed by atoms with van der Waals surface area (Å²) in [5.41, 5.74) is 3.88. The summed E-state index contributed by atoms with van der Waals surface area (Å²) in [4.78, 5) is 23.1. The van der Waals surface area contributed by atoms with Crippen LogP contribution in [-0.2, 0) is 37.0 Å². The van der Waals surface area contributed by atoms with Crippen molar-refractivity contribution in [3.05, 3.63) is 87.9 Å². The SMILES string of the molecule is C[C@H]1c2nc(OCc3ccc(C4CC4)cc3)c(C(F)(F)F)cc2CCN1Cc1nc2ccc(C(=O)O)cc2n1C[C@@H]1CCO1. The number of aromatic nitrogens is 3. The van der Waals surface area contributed by atoms with Gasteiger partial charge in [-0.25, -0.2) is 14.8 Å². The molecule has 0 unspecified atom stereocenters. The van der Waals surface area contributed by atoms with Crippen molar-refractivity contribution in [2.45, 2.75) is 76.5 Å². The predicted octanol–water partition coefficient (Wildman–Crippen LogP) is 6.51. The second-order valence-corrected chi connectivity index (χ2v) is 12.0. The molecule has 2 aromatic heterocycles. The van der Waals surface area contributed by atoms with Gasteiger partial charge in [0.2, 0.25) is 5.88 Å². The van der Waals surface area contributed by atoms with E-state index in [0.717, 1.165) is 17.8 Å². The van der Waals surface area contributed by atoms with E-state index in [0.29, 0.717) is 60.9 Å². The lowest BCUT2D eigenvalue weighted by Crippen LogP contribution is -2.36. The highest BCUT2D eigenvalue weighted by Gasteiger charge is 2.38. The number of ether oxygens (including phenoxy) is 2. The van der Waals surface area contributed by atoms with Crippen LogP contribution >= 0.6 is 0 Å². The highest BCUT2D eigenvalue weighted by molar-refractivity contribution is 5.92. The Kier molecular flexibility index (Phi) is 7.32. The molecule has 2 atom stereocenters. The smallest absolute Gasteiger partial charge is 0.421 e. The zero-order valence-corrected chi connectivity index (χ0v) is 24.3. The third kappa shape index (κ3) is 5.66. The minimum atomic E-state index is -4.60. The van der Waals surface area contributed by atoms with Gasteiger partial charge in [-0.2, -0.15) is 13.2 Å². The maximum absolute atomic E-state index is 14.1. The Labute approximate surface area is 252 Å². The number of imidazole rings is 1. The molecule has 0 amide bonds. The van der Waals surface area contributed by atoms with Crippen LogP contribution in [0, 0.1) is 0 Å². The van der Waals surface area contributed by atoms with Gasteiger partial charge in [0, 0.05) is 13.2 Å². The van der Waals surface area contributed by atoms with Gasteiger partial charge in [-0.15, -0.1) is 0 Å². The Morgan fingerprint density at radius 2 is 1.86 bits per heavy atom. The molecule has 8 nitrogen and oxygen atoms in total. The van der Waals surface area contributed by atoms with E-state index in [9.17, 15) is 23.1 Å². The third-order valence-corrected chi connectivity index (χ3v) is 9.02. The summed E-state index contributed by atoms with van der Waals surface area (Å²) in [5.74, 6) is -0.0862. The number of halogens is 3. The second kappa shape index (κ2) is 11.2. The topological polar surface area (TPSA) is 89.7 Å². The van der Waals surface area contributed by atoms with Gasteiger partial charge in [-0.3, -0.25) is 4.90 Å². The molecule has 7 rings (SSSR count). The summed E-state index contributed by atoms with van der Waals surface area (Å²) in [6, 6.07) is 13.6. The van der Waals surface area contributed by atoms with Crippen LogP contribution in [0.4, 0.5) is 13.2 Å². The van der Waals surface area contributed by atoms with E-state index < -0.39 is 23.6 Å². The number of pyridine rings is 1. The Hall–Kier alpha value is -3.96. The number of fused-ring (bicyclic) bond motifs is 2. The molecule has 0 radical (unpaired) electrons. The van der Waals surface area contributed by atoms with Crippen molar-refractivity contribution in [3.8, 4) is 5.88 Å². The third-order valence-electron chi connectivity index (χ3n) is 9.02. The lowest BCUT2D eigenvalue weighted by molar-refractivity contribution is -0.139. The Bertz CT molecular complexity index is 1710. The number of nitrogens with zero attached hydrogens (tertiary/aromatic N) is 4. The number of carboxylic acid groups (broad SMARTS) is 1. The normalized spacial score (nSPS) is 20.4. The Balaban J connectivity index is 1.16. The van der Waals surface area contributed by atoms with Crippen molar-refractivity contribution in [2.24, 2.45) is 0 Å². The molecule has 2 fully saturated rings. The summed E-state index contributed by atoms with van der Waals surface area (Å²) in [5, 5.41) is 9.55. The van der Waals surface area contributed by atoms with Gasteiger partial charge in [-0.05, 0) is 79.5 Å². The maximum atomic E-state index is 14.1. The average molecular weight is 607 g/mol. The monoisotopic (exact) mass is 606 g/mol. The standard InChI is InChI=1S/C33H33F3N4O4/c1-19-30-23(14-26(33(34,35)36)31(38-30)44-18-20-2-4-21(5-3-20)22-6-7-22)10-12-39(19)17-29-37-27-9-8-24(32(41)42)15-28(27)40(29)16-25-11-13-43-25/h2-5,8-9,14-15,19,22,25H,6-7,10-13,16-18H2,1H3,(H,41,42)/t19-,25-/m0/s1. The van der Waals surface area contributed by atoms with E-state index in [4.69, 9.17) is 14.5 Å². The van der Waals surface area contributed by atoms with Crippen LogP contribution < -0.4 is 4.74 Å². The van der Waals surface area contributed by atoms with Gasteiger partial charge < -0.3 is 19.1 Å². The van der Waals surface area contributed by atoms with Crippen LogP contribution in [0.5, 0.6) is 5.88 Å². The Morgan fingerprint density at radius 1 is 1.09 bits per heavy atom. The molecule has 2 aliphatic heterocycles. The van der Waals surface area contributed by atoms with Gasteiger partial charge in [0.25, 0.3) is 0 Å². The summed E-state index contributed by atoms with van der Waals surface area (Å²) < 4.78 is 55.8. The molecule has 0 spiro atoms. The van der Waals surface area contributed by atoms with Crippen molar-refractivity contribution < 1.29 is 32.5 Å². The number of alkyl halides is 3. The number of rotatable bonds is 9.